The summed E-state index contributed by atoms with van der Waals surface area (Å²) in [6.07, 6.45) is 1.77. The second-order valence-corrected chi connectivity index (χ2v) is 4.84. The van der Waals surface area contributed by atoms with Crippen molar-refractivity contribution in [2.45, 2.75) is 46.3 Å². The second kappa shape index (κ2) is 5.77. The Bertz CT molecular complexity index is 427. The highest BCUT2D eigenvalue weighted by molar-refractivity contribution is 5.84. The number of nitrogens with one attached hydrogen (secondary N) is 1. The Kier molecular flexibility index (Phi) is 4.61. The summed E-state index contributed by atoms with van der Waals surface area (Å²) in [4.78, 5) is 20.0. The van der Waals surface area contributed by atoms with Gasteiger partial charge in [-0.05, 0) is 20.8 Å². The van der Waals surface area contributed by atoms with Crippen LogP contribution in [0, 0.1) is 0 Å². The maximum Gasteiger partial charge on any atom is 0.413 e. The van der Waals surface area contributed by atoms with E-state index in [1.165, 1.54) is 0 Å². The van der Waals surface area contributed by atoms with Crippen molar-refractivity contribution in [3.05, 3.63) is 17.6 Å². The molecule has 0 spiro atoms. The van der Waals surface area contributed by atoms with Gasteiger partial charge in [0.25, 0.3) is 0 Å². The Morgan fingerprint density at radius 2 is 2.17 bits per heavy atom. The lowest BCUT2D eigenvalue weighted by Crippen LogP contribution is -2.28. The van der Waals surface area contributed by atoms with Crippen LogP contribution in [0.15, 0.2) is 6.20 Å². The molecular weight excluding hydrogens is 232 g/mol. The maximum absolute atomic E-state index is 11.7. The van der Waals surface area contributed by atoms with Crippen LogP contribution in [0.25, 0.3) is 0 Å². The Hall–Kier alpha value is -1.69. The molecule has 0 bridgehead atoms. The number of amides is 1. The highest BCUT2D eigenvalue weighted by Gasteiger charge is 2.17. The summed E-state index contributed by atoms with van der Waals surface area (Å²) >= 11 is 0. The molecular formula is C12H20N4O2. The van der Waals surface area contributed by atoms with E-state index in [2.05, 4.69) is 15.3 Å². The first-order valence-corrected chi connectivity index (χ1v) is 5.90. The Balaban J connectivity index is 2.85. The SMILES string of the molecule is CCc1ncc(CN)c(NC(=O)OC(C)(C)C)n1. The van der Waals surface area contributed by atoms with Crippen LogP contribution in [0.1, 0.15) is 39.1 Å². The molecule has 0 fully saturated rings. The molecule has 1 aromatic rings. The minimum atomic E-state index is -0.548. The quantitative estimate of drug-likeness (QED) is 0.856. The van der Waals surface area contributed by atoms with E-state index in [1.807, 2.05) is 6.92 Å². The van der Waals surface area contributed by atoms with Crippen LogP contribution in [0.3, 0.4) is 0 Å². The second-order valence-electron chi connectivity index (χ2n) is 4.84. The van der Waals surface area contributed by atoms with Crippen LogP contribution in [0.2, 0.25) is 0 Å². The normalized spacial score (nSPS) is 11.2. The minimum Gasteiger partial charge on any atom is -0.444 e. The van der Waals surface area contributed by atoms with E-state index in [4.69, 9.17) is 10.5 Å². The molecule has 0 atom stereocenters. The molecule has 1 rings (SSSR count). The van der Waals surface area contributed by atoms with Gasteiger partial charge in [0.1, 0.15) is 17.2 Å². The average molecular weight is 252 g/mol. The summed E-state index contributed by atoms with van der Waals surface area (Å²) in [5.41, 5.74) is 5.70. The zero-order valence-electron chi connectivity index (χ0n) is 11.3. The number of carbonyl (C=O) groups is 1. The van der Waals surface area contributed by atoms with Gasteiger partial charge in [0.15, 0.2) is 0 Å². The van der Waals surface area contributed by atoms with Crippen LogP contribution >= 0.6 is 0 Å². The van der Waals surface area contributed by atoms with Gasteiger partial charge in [-0.2, -0.15) is 0 Å². The van der Waals surface area contributed by atoms with Crippen molar-refractivity contribution < 1.29 is 9.53 Å². The highest BCUT2D eigenvalue weighted by atomic mass is 16.6. The van der Waals surface area contributed by atoms with Crippen LogP contribution < -0.4 is 11.1 Å². The van der Waals surface area contributed by atoms with Gasteiger partial charge in [-0.25, -0.2) is 14.8 Å². The Morgan fingerprint density at radius 1 is 1.50 bits per heavy atom. The lowest BCUT2D eigenvalue weighted by atomic mass is 10.2. The van der Waals surface area contributed by atoms with E-state index in [-0.39, 0.29) is 6.54 Å². The first-order valence-electron chi connectivity index (χ1n) is 5.90. The maximum atomic E-state index is 11.7. The molecule has 6 heteroatoms. The fraction of sp³-hybridized carbons (Fsp3) is 0.583. The fourth-order valence-electron chi connectivity index (χ4n) is 1.27. The van der Waals surface area contributed by atoms with Crippen LogP contribution in [-0.4, -0.2) is 21.7 Å². The third kappa shape index (κ3) is 4.29. The molecule has 3 N–H and O–H groups in total. The predicted molar refractivity (Wildman–Crippen MR) is 69.2 cm³/mol. The number of nitrogens with zero attached hydrogens (tertiary/aromatic N) is 2. The van der Waals surface area contributed by atoms with Crippen molar-refractivity contribution in [1.29, 1.82) is 0 Å². The summed E-state index contributed by atoms with van der Waals surface area (Å²) in [6.45, 7) is 7.60. The number of rotatable bonds is 3. The van der Waals surface area contributed by atoms with E-state index in [9.17, 15) is 4.79 Å². The Labute approximate surface area is 107 Å². The molecule has 0 aromatic carbocycles. The summed E-state index contributed by atoms with van der Waals surface area (Å²) in [7, 11) is 0. The third-order valence-electron chi connectivity index (χ3n) is 2.07. The molecule has 1 aromatic heterocycles. The number of anilines is 1. The van der Waals surface area contributed by atoms with E-state index < -0.39 is 11.7 Å². The summed E-state index contributed by atoms with van der Waals surface area (Å²) in [5, 5.41) is 2.60. The van der Waals surface area contributed by atoms with Crippen molar-refractivity contribution >= 4 is 11.9 Å². The van der Waals surface area contributed by atoms with E-state index in [0.717, 1.165) is 0 Å². The van der Waals surface area contributed by atoms with E-state index >= 15 is 0 Å². The van der Waals surface area contributed by atoms with Crippen molar-refractivity contribution in [3.63, 3.8) is 0 Å². The highest BCUT2D eigenvalue weighted by Crippen LogP contribution is 2.14. The zero-order valence-corrected chi connectivity index (χ0v) is 11.3. The molecule has 0 aliphatic heterocycles. The van der Waals surface area contributed by atoms with Gasteiger partial charge in [-0.1, -0.05) is 6.92 Å². The first kappa shape index (κ1) is 14.4. The number of hydrogen-bond donors (Lipinski definition) is 2. The number of ether oxygens (including phenoxy) is 1. The topological polar surface area (TPSA) is 90.1 Å². The number of aryl methyl sites for hydroxylation is 1. The monoisotopic (exact) mass is 252 g/mol. The molecule has 100 valence electrons. The van der Waals surface area contributed by atoms with Gasteiger partial charge in [-0.3, -0.25) is 5.32 Å². The molecule has 0 unspecified atom stereocenters. The molecule has 0 aliphatic carbocycles. The average Bonchev–Trinajstić information content (AvgIpc) is 2.26. The van der Waals surface area contributed by atoms with Gasteiger partial charge in [0.2, 0.25) is 0 Å². The summed E-state index contributed by atoms with van der Waals surface area (Å²) in [5.74, 6) is 1.07. The minimum absolute atomic E-state index is 0.259. The van der Waals surface area contributed by atoms with Crippen molar-refractivity contribution in [2.24, 2.45) is 5.73 Å². The first-order chi connectivity index (χ1) is 8.35. The molecule has 0 saturated carbocycles. The number of carbonyl (C=O) groups excluding carboxylic acids is 1. The van der Waals surface area contributed by atoms with Crippen LogP contribution in [-0.2, 0) is 17.7 Å². The fourth-order valence-corrected chi connectivity index (χ4v) is 1.27. The molecule has 1 amide bonds. The van der Waals surface area contributed by atoms with Gasteiger partial charge in [-0.15, -0.1) is 0 Å². The molecule has 18 heavy (non-hydrogen) atoms. The van der Waals surface area contributed by atoms with Crippen LogP contribution in [0.4, 0.5) is 10.6 Å². The lowest BCUT2D eigenvalue weighted by molar-refractivity contribution is 0.0635. The molecule has 0 radical (unpaired) electrons. The number of hydrogen-bond acceptors (Lipinski definition) is 5. The molecule has 1 heterocycles. The molecule has 0 aliphatic rings. The van der Waals surface area contributed by atoms with Gasteiger partial charge in [0, 0.05) is 24.7 Å². The van der Waals surface area contributed by atoms with Crippen molar-refractivity contribution in [1.82, 2.24) is 9.97 Å². The third-order valence-corrected chi connectivity index (χ3v) is 2.07. The van der Waals surface area contributed by atoms with Crippen LogP contribution in [0.5, 0.6) is 0 Å². The summed E-state index contributed by atoms with van der Waals surface area (Å²) in [6, 6.07) is 0. The summed E-state index contributed by atoms with van der Waals surface area (Å²) < 4.78 is 5.16. The van der Waals surface area contributed by atoms with E-state index in [0.29, 0.717) is 23.6 Å². The standard InChI is InChI=1S/C12H20N4O2/c1-5-9-14-7-8(6-13)10(15-9)16-11(17)18-12(2,3)4/h7H,5-6,13H2,1-4H3,(H,14,15,16,17). The number of nitrogens with two attached hydrogens (primary N) is 1. The molecule has 6 nitrogen and oxygen atoms in total. The van der Waals surface area contributed by atoms with Gasteiger partial charge < -0.3 is 10.5 Å². The number of aromatic nitrogens is 2. The van der Waals surface area contributed by atoms with Gasteiger partial charge in [0.05, 0.1) is 0 Å². The zero-order chi connectivity index (χ0) is 13.8. The predicted octanol–water partition coefficient (Wildman–Crippen LogP) is 1.84. The van der Waals surface area contributed by atoms with Crippen molar-refractivity contribution in [2.75, 3.05) is 5.32 Å². The van der Waals surface area contributed by atoms with Gasteiger partial charge >= 0.3 is 6.09 Å². The van der Waals surface area contributed by atoms with E-state index in [1.54, 1.807) is 27.0 Å². The smallest absolute Gasteiger partial charge is 0.413 e. The largest absolute Gasteiger partial charge is 0.444 e. The van der Waals surface area contributed by atoms with Crippen molar-refractivity contribution in [3.8, 4) is 0 Å². The lowest BCUT2D eigenvalue weighted by Gasteiger charge is -2.20. The molecule has 0 saturated heterocycles. The Morgan fingerprint density at radius 3 is 2.67 bits per heavy atom.